The average Bonchev–Trinajstić information content (AvgIpc) is 3.16. The molecule has 2 aliphatic rings. The molecule has 1 N–H and O–H groups in total. The van der Waals surface area contributed by atoms with E-state index < -0.39 is 0 Å². The molecule has 1 saturated carbocycles. The van der Waals surface area contributed by atoms with Crippen molar-refractivity contribution in [3.05, 3.63) is 24.3 Å². The summed E-state index contributed by atoms with van der Waals surface area (Å²) < 4.78 is 5.14. The van der Waals surface area contributed by atoms with Crippen LogP contribution in [0.25, 0.3) is 0 Å². The van der Waals surface area contributed by atoms with Crippen LogP contribution in [0.3, 0.4) is 0 Å². The Morgan fingerprint density at radius 2 is 2.26 bits per heavy atom. The maximum atomic E-state index is 12.6. The van der Waals surface area contributed by atoms with Crippen LogP contribution >= 0.6 is 0 Å². The second kappa shape index (κ2) is 4.85. The Morgan fingerprint density at radius 3 is 3.05 bits per heavy atom. The van der Waals surface area contributed by atoms with Crippen molar-refractivity contribution in [1.82, 2.24) is 0 Å². The molecule has 0 saturated heterocycles. The van der Waals surface area contributed by atoms with Crippen LogP contribution in [-0.4, -0.2) is 32.2 Å². The van der Waals surface area contributed by atoms with Gasteiger partial charge in [-0.15, -0.1) is 0 Å². The first-order chi connectivity index (χ1) is 9.20. The van der Waals surface area contributed by atoms with Crippen molar-refractivity contribution in [1.29, 1.82) is 0 Å². The summed E-state index contributed by atoms with van der Waals surface area (Å²) in [7, 11) is 1.70. The van der Waals surface area contributed by atoms with Gasteiger partial charge in [0.1, 0.15) is 0 Å². The molecule has 1 heterocycles. The lowest BCUT2D eigenvalue weighted by Crippen LogP contribution is -2.44. The predicted octanol–water partition coefficient (Wildman–Crippen LogP) is 2.12. The highest BCUT2D eigenvalue weighted by Crippen LogP contribution is 2.42. The van der Waals surface area contributed by atoms with Gasteiger partial charge in [-0.25, -0.2) is 0 Å². The second-order valence-corrected chi connectivity index (χ2v) is 5.57. The molecule has 4 heteroatoms. The number of hydrogen-bond donors (Lipinski definition) is 1. The van der Waals surface area contributed by atoms with Crippen LogP contribution < -0.4 is 10.2 Å². The van der Waals surface area contributed by atoms with E-state index in [-0.39, 0.29) is 11.8 Å². The Kier molecular flexibility index (Phi) is 3.19. The largest absolute Gasteiger partial charge is 0.384 e. The van der Waals surface area contributed by atoms with Crippen LogP contribution in [0.4, 0.5) is 11.4 Å². The number of nitrogens with one attached hydrogen (secondary N) is 1. The van der Waals surface area contributed by atoms with Gasteiger partial charge in [-0.05, 0) is 31.4 Å². The number of benzene rings is 1. The first-order valence-electron chi connectivity index (χ1n) is 6.86. The lowest BCUT2D eigenvalue weighted by Gasteiger charge is -2.34. The van der Waals surface area contributed by atoms with E-state index in [1.165, 1.54) is 0 Å². The Hall–Kier alpha value is -1.55. The van der Waals surface area contributed by atoms with Crippen molar-refractivity contribution in [3.8, 4) is 0 Å². The van der Waals surface area contributed by atoms with E-state index >= 15 is 0 Å². The fourth-order valence-electron chi connectivity index (χ4n) is 2.87. The van der Waals surface area contributed by atoms with Crippen LogP contribution in [0.15, 0.2) is 24.3 Å². The third-order valence-electron chi connectivity index (χ3n) is 3.94. The number of carbonyl (C=O) groups excluding carboxylic acids is 1. The molecule has 1 fully saturated rings. The van der Waals surface area contributed by atoms with Crippen LogP contribution in [0, 0.1) is 11.8 Å². The summed E-state index contributed by atoms with van der Waals surface area (Å²) in [6.07, 6.45) is 0.965. The number of para-hydroxylation sites is 2. The van der Waals surface area contributed by atoms with Crippen LogP contribution in [0.1, 0.15) is 13.3 Å². The Bertz CT molecular complexity index is 489. The average molecular weight is 260 g/mol. The third kappa shape index (κ3) is 2.32. The lowest BCUT2D eigenvalue weighted by molar-refractivity contribution is -0.120. The molecule has 19 heavy (non-hydrogen) atoms. The molecule has 3 atom stereocenters. The number of amides is 1. The normalized spacial score (nSPS) is 28.5. The molecular formula is C15H20N2O2. The highest BCUT2D eigenvalue weighted by Gasteiger charge is 2.46. The zero-order valence-electron chi connectivity index (χ0n) is 11.4. The molecule has 1 aromatic rings. The van der Waals surface area contributed by atoms with Gasteiger partial charge in [-0.3, -0.25) is 4.79 Å². The third-order valence-corrected chi connectivity index (χ3v) is 3.94. The fourth-order valence-corrected chi connectivity index (χ4v) is 2.87. The molecule has 0 spiro atoms. The van der Waals surface area contributed by atoms with E-state index in [0.717, 1.165) is 24.3 Å². The maximum absolute atomic E-state index is 12.6. The predicted molar refractivity (Wildman–Crippen MR) is 75.4 cm³/mol. The van der Waals surface area contributed by atoms with Crippen molar-refractivity contribution < 1.29 is 9.53 Å². The number of methoxy groups -OCH3 is 1. The molecule has 0 bridgehead atoms. The van der Waals surface area contributed by atoms with Gasteiger partial charge in [0.25, 0.3) is 0 Å². The topological polar surface area (TPSA) is 41.6 Å². The standard InChI is InChI=1S/C15H20N2O2/c1-10-8-17(14-6-4-3-5-13(14)16-10)15(18)12-7-11(12)9-19-2/h3-6,10-12,16H,7-9H2,1-2H3/t10?,11-,12+/m1/s1. The number of ether oxygens (including phenoxy) is 1. The first kappa shape index (κ1) is 12.5. The summed E-state index contributed by atoms with van der Waals surface area (Å²) in [4.78, 5) is 14.5. The van der Waals surface area contributed by atoms with Crippen molar-refractivity contribution in [2.45, 2.75) is 19.4 Å². The summed E-state index contributed by atoms with van der Waals surface area (Å²) in [6, 6.07) is 8.32. The zero-order valence-corrected chi connectivity index (χ0v) is 11.4. The van der Waals surface area contributed by atoms with Crippen molar-refractivity contribution in [2.24, 2.45) is 11.8 Å². The molecule has 0 radical (unpaired) electrons. The van der Waals surface area contributed by atoms with Crippen molar-refractivity contribution in [3.63, 3.8) is 0 Å². The summed E-state index contributed by atoms with van der Waals surface area (Å²) in [5.41, 5.74) is 2.06. The lowest BCUT2D eigenvalue weighted by atomic mass is 10.1. The number of carbonyl (C=O) groups is 1. The van der Waals surface area contributed by atoms with E-state index in [1.807, 2.05) is 29.2 Å². The van der Waals surface area contributed by atoms with E-state index in [0.29, 0.717) is 18.6 Å². The molecule has 1 aliphatic heterocycles. The number of hydrogen-bond acceptors (Lipinski definition) is 3. The molecular weight excluding hydrogens is 240 g/mol. The first-order valence-corrected chi connectivity index (χ1v) is 6.86. The van der Waals surface area contributed by atoms with E-state index in [9.17, 15) is 4.79 Å². The summed E-state index contributed by atoms with van der Waals surface area (Å²) in [5.74, 6) is 0.816. The molecule has 4 nitrogen and oxygen atoms in total. The SMILES string of the molecule is COC[C@H]1C[C@@H]1C(=O)N1CC(C)Nc2ccccc21. The number of nitrogens with zero attached hydrogens (tertiary/aromatic N) is 1. The molecule has 3 rings (SSSR count). The summed E-state index contributed by atoms with van der Waals surface area (Å²) in [6.45, 7) is 3.54. The number of rotatable bonds is 3. The molecule has 1 aliphatic carbocycles. The van der Waals surface area contributed by atoms with Crippen LogP contribution in [0.2, 0.25) is 0 Å². The van der Waals surface area contributed by atoms with Gasteiger partial charge in [0, 0.05) is 32.2 Å². The molecule has 1 unspecified atom stereocenters. The highest BCUT2D eigenvalue weighted by molar-refractivity contribution is 6.00. The molecule has 102 valence electrons. The maximum Gasteiger partial charge on any atom is 0.230 e. The monoisotopic (exact) mass is 260 g/mol. The second-order valence-electron chi connectivity index (χ2n) is 5.57. The highest BCUT2D eigenvalue weighted by atomic mass is 16.5. The molecule has 0 aromatic heterocycles. The van der Waals surface area contributed by atoms with Crippen molar-refractivity contribution >= 4 is 17.3 Å². The van der Waals surface area contributed by atoms with Gasteiger partial charge in [0.2, 0.25) is 5.91 Å². The van der Waals surface area contributed by atoms with Gasteiger partial charge < -0.3 is 15.0 Å². The van der Waals surface area contributed by atoms with Gasteiger partial charge in [-0.2, -0.15) is 0 Å². The van der Waals surface area contributed by atoms with Gasteiger partial charge >= 0.3 is 0 Å². The minimum atomic E-state index is 0.151. The van der Waals surface area contributed by atoms with Gasteiger partial charge in [-0.1, -0.05) is 12.1 Å². The summed E-state index contributed by atoms with van der Waals surface area (Å²) in [5, 5.41) is 3.42. The van der Waals surface area contributed by atoms with E-state index in [2.05, 4.69) is 12.2 Å². The van der Waals surface area contributed by atoms with E-state index in [4.69, 9.17) is 4.74 Å². The minimum Gasteiger partial charge on any atom is -0.384 e. The fraction of sp³-hybridized carbons (Fsp3) is 0.533. The van der Waals surface area contributed by atoms with E-state index in [1.54, 1.807) is 7.11 Å². The van der Waals surface area contributed by atoms with Gasteiger partial charge in [0.15, 0.2) is 0 Å². The molecule has 1 aromatic carbocycles. The quantitative estimate of drug-likeness (QED) is 0.905. The number of fused-ring (bicyclic) bond motifs is 1. The summed E-state index contributed by atoms with van der Waals surface area (Å²) >= 11 is 0. The van der Waals surface area contributed by atoms with Crippen LogP contribution in [-0.2, 0) is 9.53 Å². The Labute approximate surface area is 113 Å². The Balaban J connectivity index is 1.80. The van der Waals surface area contributed by atoms with Gasteiger partial charge in [0.05, 0.1) is 11.4 Å². The zero-order chi connectivity index (χ0) is 13.4. The minimum absolute atomic E-state index is 0.151. The van der Waals surface area contributed by atoms with Crippen LogP contribution in [0.5, 0.6) is 0 Å². The molecule has 1 amide bonds. The number of anilines is 2. The smallest absolute Gasteiger partial charge is 0.230 e. The Morgan fingerprint density at radius 1 is 1.47 bits per heavy atom. The van der Waals surface area contributed by atoms with Crippen molar-refractivity contribution in [2.75, 3.05) is 30.5 Å².